The van der Waals surface area contributed by atoms with Gasteiger partial charge in [-0.2, -0.15) is 8.78 Å². The Labute approximate surface area is 134 Å². The van der Waals surface area contributed by atoms with Crippen molar-refractivity contribution in [2.24, 2.45) is 4.74 Å². The highest BCUT2D eigenvalue weighted by Gasteiger charge is 2.25. The lowest BCUT2D eigenvalue weighted by molar-refractivity contribution is -0.136. The van der Waals surface area contributed by atoms with Gasteiger partial charge >= 0.3 is 5.97 Å². The van der Waals surface area contributed by atoms with Gasteiger partial charge in [0.1, 0.15) is 12.6 Å². The highest BCUT2D eigenvalue weighted by Crippen LogP contribution is 2.26. The van der Waals surface area contributed by atoms with Crippen molar-refractivity contribution in [2.45, 2.75) is 12.5 Å². The predicted molar refractivity (Wildman–Crippen MR) is 80.0 cm³/mol. The minimum atomic E-state index is -1.77. The van der Waals surface area contributed by atoms with Gasteiger partial charge in [0.2, 0.25) is 11.6 Å². The van der Waals surface area contributed by atoms with E-state index in [4.69, 9.17) is 0 Å². The van der Waals surface area contributed by atoms with Crippen LogP contribution in [-0.4, -0.2) is 24.4 Å². The van der Waals surface area contributed by atoms with Gasteiger partial charge in [-0.05, 0) is 0 Å². The third-order valence-corrected chi connectivity index (χ3v) is 3.57. The number of Topliss-reactive ketones (excluding diaryl/α,β-unsaturated/α-hetero) is 1. The number of carbonyl (C=O) groups excluding carboxylic acids is 2. The summed E-state index contributed by atoms with van der Waals surface area (Å²) in [6.07, 6.45) is -0.421. The van der Waals surface area contributed by atoms with E-state index in [0.717, 1.165) is 0 Å². The molecule has 0 aliphatic rings. The third-order valence-electron chi connectivity index (χ3n) is 2.50. The maximum atomic E-state index is 13.4. The minimum absolute atomic E-state index is 0.0135. The topological polar surface area (TPSA) is 65.0 Å². The molecule has 0 N–H and O–H groups in total. The summed E-state index contributed by atoms with van der Waals surface area (Å²) in [7, 11) is 4.21. The van der Waals surface area contributed by atoms with Crippen molar-refractivity contribution >= 4 is 38.2 Å². The van der Waals surface area contributed by atoms with Crippen LogP contribution >= 0.6 is 26.5 Å². The zero-order valence-corrected chi connectivity index (χ0v) is 14.5. The minimum Gasteiger partial charge on any atom is -0.479 e. The second kappa shape index (κ2) is 9.21. The molecule has 3 atom stereocenters. The van der Waals surface area contributed by atoms with Crippen LogP contribution < -0.4 is 4.74 Å². The summed E-state index contributed by atoms with van der Waals surface area (Å²) >= 11 is 0. The first-order chi connectivity index (χ1) is 10.8. The van der Waals surface area contributed by atoms with Crippen LogP contribution in [0.25, 0.3) is 0 Å². The van der Waals surface area contributed by atoms with Crippen LogP contribution in [0.3, 0.4) is 0 Å². The molecule has 126 valence electrons. The molecule has 1 rings (SSSR count). The Balaban J connectivity index is 2.88. The molecule has 0 aliphatic heterocycles. The second-order valence-corrected chi connectivity index (χ2v) is 5.38. The van der Waals surface area contributed by atoms with E-state index >= 15 is 0 Å². The summed E-state index contributed by atoms with van der Waals surface area (Å²) in [5.74, 6) is -9.80. The van der Waals surface area contributed by atoms with E-state index in [9.17, 15) is 27.2 Å². The van der Waals surface area contributed by atoms with E-state index in [2.05, 4.69) is 22.9 Å². The Morgan fingerprint density at radius 1 is 1.22 bits per heavy atom. The first-order valence-corrected chi connectivity index (χ1v) is 8.73. The van der Waals surface area contributed by atoms with Gasteiger partial charge in [-0.3, -0.25) is 14.3 Å². The van der Waals surface area contributed by atoms with Crippen LogP contribution in [0.4, 0.5) is 17.6 Å². The summed E-state index contributed by atoms with van der Waals surface area (Å²) in [5.41, 5.74) is 0. The van der Waals surface area contributed by atoms with Crippen molar-refractivity contribution in [1.29, 1.82) is 0 Å². The van der Waals surface area contributed by atoms with Crippen molar-refractivity contribution in [3.8, 4) is 5.75 Å². The third kappa shape index (κ3) is 5.45. The molecule has 0 bridgehead atoms. The molecule has 0 radical (unpaired) electrons. The zero-order valence-electron chi connectivity index (χ0n) is 11.3. The van der Waals surface area contributed by atoms with Crippen molar-refractivity contribution in [1.82, 2.24) is 0 Å². The molecule has 5 nitrogen and oxygen atoms in total. The Morgan fingerprint density at radius 2 is 1.78 bits per heavy atom. The maximum absolute atomic E-state index is 13.4. The monoisotopic (exact) mass is 389 g/mol. The second-order valence-electron chi connectivity index (χ2n) is 3.99. The fourth-order valence-electron chi connectivity index (χ4n) is 1.42. The smallest absolute Gasteiger partial charge is 0.310 e. The summed E-state index contributed by atoms with van der Waals surface area (Å²) in [6.45, 7) is -0.935. The van der Waals surface area contributed by atoms with Crippen LogP contribution in [0.2, 0.25) is 0 Å². The molecule has 0 fully saturated rings. The van der Waals surface area contributed by atoms with E-state index in [-0.39, 0.29) is 6.07 Å². The van der Waals surface area contributed by atoms with E-state index in [0.29, 0.717) is 8.06 Å². The highest BCUT2D eigenvalue weighted by molar-refractivity contribution is 7.97. The molecule has 0 spiro atoms. The highest BCUT2D eigenvalue weighted by atomic mass is 32.0. The summed E-state index contributed by atoms with van der Waals surface area (Å²) < 4.78 is 65.4. The predicted octanol–water partition coefficient (Wildman–Crippen LogP) is 3.20. The van der Waals surface area contributed by atoms with Gasteiger partial charge in [0, 0.05) is 14.1 Å². The molecule has 0 heterocycles. The van der Waals surface area contributed by atoms with Crippen LogP contribution in [0.15, 0.2) is 10.8 Å². The van der Waals surface area contributed by atoms with Crippen molar-refractivity contribution < 1.29 is 36.4 Å². The van der Waals surface area contributed by atoms with Gasteiger partial charge in [-0.15, -0.1) is 0 Å². The van der Waals surface area contributed by atoms with Gasteiger partial charge in [0.05, 0.1) is 15.9 Å². The molecule has 1 aromatic rings. The fraction of sp³-hybridized carbons (Fsp3) is 0.273. The van der Waals surface area contributed by atoms with E-state index < -0.39 is 59.8 Å². The number of ether oxygens (including phenoxy) is 1. The number of hydrogen-bond donors (Lipinski definition) is 0. The standard InChI is InChI=1S/C11H10F4NO4P3/c12-4-1-5(13)10(15)11(9(4)14)19-3-7(17)6(16-23-22)2-8(18)20-21/h1,6H,2-3,21-22H2/t6-/m0/s1. The molecule has 12 heteroatoms. The van der Waals surface area contributed by atoms with Crippen LogP contribution in [0, 0.1) is 23.3 Å². The average Bonchev–Trinajstić information content (AvgIpc) is 2.52. The molecule has 0 amide bonds. The lowest BCUT2D eigenvalue weighted by Gasteiger charge is -2.12. The lowest BCUT2D eigenvalue weighted by atomic mass is 10.1. The molecule has 2 unspecified atom stereocenters. The Hall–Kier alpha value is -1.16. The molecule has 0 saturated heterocycles. The van der Waals surface area contributed by atoms with Gasteiger partial charge in [-0.1, -0.05) is 8.93 Å². The molecule has 0 saturated carbocycles. The maximum Gasteiger partial charge on any atom is 0.310 e. The number of carbonyl (C=O) groups is 2. The summed E-state index contributed by atoms with van der Waals surface area (Å²) in [4.78, 5) is 23.0. The number of halogens is 4. The first kappa shape index (κ1) is 19.9. The first-order valence-electron chi connectivity index (χ1n) is 5.79. The fourth-order valence-corrected chi connectivity index (χ4v) is 2.37. The zero-order chi connectivity index (χ0) is 17.6. The lowest BCUT2D eigenvalue weighted by Crippen LogP contribution is -2.27. The quantitative estimate of drug-likeness (QED) is 0.408. The normalized spacial score (nSPS) is 12.3. The molecular formula is C11H10F4NO4P3. The van der Waals surface area contributed by atoms with Crippen molar-refractivity contribution in [2.75, 3.05) is 6.61 Å². The Morgan fingerprint density at radius 3 is 2.26 bits per heavy atom. The van der Waals surface area contributed by atoms with Crippen LogP contribution in [0.5, 0.6) is 5.75 Å². The summed E-state index contributed by atoms with van der Waals surface area (Å²) in [5, 5.41) is 0. The number of nitrogens with zero attached hydrogens (tertiary/aromatic N) is 1. The molecule has 0 aromatic heterocycles. The van der Waals surface area contributed by atoms with E-state index in [1.165, 1.54) is 0 Å². The SMILES string of the molecule is O=C(C[C@H](N=PP)C(=O)COc1c(F)c(F)cc(F)c1F)OP. The number of hydrogen-bond acceptors (Lipinski definition) is 5. The Kier molecular flexibility index (Phi) is 7.97. The summed E-state index contributed by atoms with van der Waals surface area (Å²) in [6, 6.07) is -1.17. The van der Waals surface area contributed by atoms with Crippen LogP contribution in [-0.2, 0) is 14.1 Å². The van der Waals surface area contributed by atoms with E-state index in [1.54, 1.807) is 9.47 Å². The van der Waals surface area contributed by atoms with E-state index in [1.807, 2.05) is 0 Å². The molecule has 0 aliphatic carbocycles. The van der Waals surface area contributed by atoms with Gasteiger partial charge in [0.25, 0.3) is 0 Å². The van der Waals surface area contributed by atoms with Gasteiger partial charge in [0.15, 0.2) is 23.2 Å². The Bertz CT molecular complexity index is 618. The largest absolute Gasteiger partial charge is 0.479 e. The number of benzene rings is 1. The average molecular weight is 389 g/mol. The number of rotatable bonds is 7. The van der Waals surface area contributed by atoms with Crippen LogP contribution in [0.1, 0.15) is 6.42 Å². The molecule has 23 heavy (non-hydrogen) atoms. The van der Waals surface area contributed by atoms with Crippen molar-refractivity contribution in [3.63, 3.8) is 0 Å². The van der Waals surface area contributed by atoms with Gasteiger partial charge in [-0.25, -0.2) is 8.78 Å². The molecule has 1 aromatic carbocycles. The van der Waals surface area contributed by atoms with Gasteiger partial charge < -0.3 is 9.26 Å². The van der Waals surface area contributed by atoms with Crippen molar-refractivity contribution in [3.05, 3.63) is 29.3 Å². The number of ketones is 1. The molecular weight excluding hydrogens is 379 g/mol.